The van der Waals surface area contributed by atoms with Crippen LogP contribution in [0.1, 0.15) is 65.5 Å². The molecule has 0 spiro atoms. The number of carbonyl (C=O) groups excluding carboxylic acids is 1. The lowest BCUT2D eigenvalue weighted by Crippen LogP contribution is -2.38. The van der Waals surface area contributed by atoms with Gasteiger partial charge >= 0.3 is 0 Å². The number of benzene rings is 1. The summed E-state index contributed by atoms with van der Waals surface area (Å²) in [5.74, 6) is 2.57. The average molecular weight is 441 g/mol. The molecule has 2 aliphatic rings. The first-order valence-corrected chi connectivity index (χ1v) is 12.2. The minimum absolute atomic E-state index is 0.174. The molecule has 1 saturated carbocycles. The van der Waals surface area contributed by atoms with Crippen molar-refractivity contribution in [3.05, 3.63) is 65.6 Å². The smallest absolute Gasteiger partial charge is 0.289 e. The molecule has 3 aromatic rings. The van der Waals surface area contributed by atoms with Crippen LogP contribution in [0.15, 0.2) is 51.8 Å². The highest BCUT2D eigenvalue weighted by molar-refractivity contribution is 7.90. The molecule has 1 aromatic carbocycles. The van der Waals surface area contributed by atoms with Gasteiger partial charge < -0.3 is 9.32 Å². The number of hydrogen-bond acceptors (Lipinski definition) is 6. The normalized spacial score (nSPS) is 17.7. The predicted molar refractivity (Wildman–Crippen MR) is 112 cm³/mol. The maximum Gasteiger partial charge on any atom is 0.289 e. The fourth-order valence-electron chi connectivity index (χ4n) is 3.98. The summed E-state index contributed by atoms with van der Waals surface area (Å²) in [5, 5.41) is 7.40. The number of hydrogen-bond donors (Lipinski definition) is 1. The van der Waals surface area contributed by atoms with E-state index in [9.17, 15) is 13.2 Å². The van der Waals surface area contributed by atoms with Crippen molar-refractivity contribution in [3.63, 3.8) is 0 Å². The largest absolute Gasteiger partial charge is 0.455 e. The SMILES string of the molecule is O=C(c1ccc(CS(=O)(=O)c2ccccc2)o1)N1CCC(c2nc(C3CC3)n[nH]2)CC1. The number of carbonyl (C=O) groups is 1. The third-order valence-corrected chi connectivity index (χ3v) is 7.59. The molecule has 8 nitrogen and oxygen atoms in total. The molecule has 5 rings (SSSR count). The van der Waals surface area contributed by atoms with Crippen molar-refractivity contribution in [2.45, 2.75) is 48.2 Å². The lowest BCUT2D eigenvalue weighted by atomic mass is 9.96. The molecule has 1 aliphatic carbocycles. The summed E-state index contributed by atoms with van der Waals surface area (Å²) in [6.07, 6.45) is 3.95. The first-order valence-electron chi connectivity index (χ1n) is 10.6. The number of H-pyrrole nitrogens is 1. The average Bonchev–Trinajstić information content (AvgIpc) is 3.34. The molecule has 162 valence electrons. The van der Waals surface area contributed by atoms with Crippen LogP contribution in [0.2, 0.25) is 0 Å². The second kappa shape index (κ2) is 7.96. The van der Waals surface area contributed by atoms with E-state index >= 15 is 0 Å². The van der Waals surface area contributed by atoms with Crippen LogP contribution in [-0.2, 0) is 15.6 Å². The zero-order chi connectivity index (χ0) is 21.4. The van der Waals surface area contributed by atoms with Crippen molar-refractivity contribution in [2.24, 2.45) is 0 Å². The number of aromatic amines is 1. The predicted octanol–water partition coefficient (Wildman–Crippen LogP) is 3.27. The summed E-state index contributed by atoms with van der Waals surface area (Å²) in [5.41, 5.74) is 0. The maximum absolute atomic E-state index is 12.8. The molecule has 2 fully saturated rings. The van der Waals surface area contributed by atoms with Crippen molar-refractivity contribution in [1.82, 2.24) is 20.1 Å². The molecule has 2 aromatic heterocycles. The van der Waals surface area contributed by atoms with Crippen LogP contribution in [0.4, 0.5) is 0 Å². The van der Waals surface area contributed by atoms with E-state index in [1.54, 1.807) is 47.4 Å². The Morgan fingerprint density at radius 2 is 1.77 bits per heavy atom. The van der Waals surface area contributed by atoms with Gasteiger partial charge in [-0.2, -0.15) is 5.10 Å². The summed E-state index contributed by atoms with van der Waals surface area (Å²) >= 11 is 0. The van der Waals surface area contributed by atoms with Gasteiger partial charge in [0.25, 0.3) is 5.91 Å². The minimum atomic E-state index is -3.52. The minimum Gasteiger partial charge on any atom is -0.455 e. The van der Waals surface area contributed by atoms with Crippen LogP contribution >= 0.6 is 0 Å². The molecule has 1 N–H and O–H groups in total. The maximum atomic E-state index is 12.8. The first kappa shape index (κ1) is 20.0. The van der Waals surface area contributed by atoms with Crippen LogP contribution in [0, 0.1) is 0 Å². The molecule has 0 radical (unpaired) electrons. The number of nitrogens with one attached hydrogen (secondary N) is 1. The van der Waals surface area contributed by atoms with Gasteiger partial charge in [-0.1, -0.05) is 18.2 Å². The van der Waals surface area contributed by atoms with E-state index in [1.165, 1.54) is 12.8 Å². The number of nitrogens with zero attached hydrogens (tertiary/aromatic N) is 3. The standard InChI is InChI=1S/C22H24N4O4S/c27-22(19-9-8-17(30-19)14-31(28,29)18-4-2-1-3-5-18)26-12-10-16(11-13-26)21-23-20(24-25-21)15-6-7-15/h1-5,8-9,15-16H,6-7,10-14H2,(H,23,24,25). The third kappa shape index (κ3) is 4.27. The van der Waals surface area contributed by atoms with Crippen molar-refractivity contribution in [2.75, 3.05) is 13.1 Å². The summed E-state index contributed by atoms with van der Waals surface area (Å²) in [4.78, 5) is 19.5. The van der Waals surface area contributed by atoms with Crippen molar-refractivity contribution in [1.29, 1.82) is 0 Å². The Hall–Kier alpha value is -2.94. The second-order valence-electron chi connectivity index (χ2n) is 8.26. The Morgan fingerprint density at radius 1 is 1.03 bits per heavy atom. The van der Waals surface area contributed by atoms with Crippen LogP contribution in [0.3, 0.4) is 0 Å². The Kier molecular flexibility index (Phi) is 5.13. The van der Waals surface area contributed by atoms with E-state index in [2.05, 4.69) is 15.2 Å². The van der Waals surface area contributed by atoms with Crippen LogP contribution in [0.5, 0.6) is 0 Å². The van der Waals surface area contributed by atoms with E-state index in [4.69, 9.17) is 4.42 Å². The summed E-state index contributed by atoms with van der Waals surface area (Å²) in [6, 6.07) is 11.4. The Balaban J connectivity index is 1.20. The molecular formula is C22H24N4O4S. The fraction of sp³-hybridized carbons (Fsp3) is 0.409. The number of rotatable bonds is 6. The number of piperidine rings is 1. The van der Waals surface area contributed by atoms with E-state index in [0.717, 1.165) is 24.5 Å². The van der Waals surface area contributed by atoms with Gasteiger partial charge in [-0.15, -0.1) is 0 Å². The Labute approximate surface area is 180 Å². The summed E-state index contributed by atoms with van der Waals surface area (Å²) < 4.78 is 30.7. The third-order valence-electron chi connectivity index (χ3n) is 5.94. The van der Waals surface area contributed by atoms with Gasteiger partial charge in [-0.3, -0.25) is 9.89 Å². The molecule has 9 heteroatoms. The summed E-state index contributed by atoms with van der Waals surface area (Å²) in [6.45, 7) is 1.20. The molecule has 0 atom stereocenters. The number of likely N-dealkylation sites (tertiary alicyclic amines) is 1. The number of furan rings is 1. The quantitative estimate of drug-likeness (QED) is 0.630. The van der Waals surface area contributed by atoms with Crippen molar-refractivity contribution >= 4 is 15.7 Å². The van der Waals surface area contributed by atoms with Crippen LogP contribution < -0.4 is 0 Å². The monoisotopic (exact) mass is 440 g/mol. The van der Waals surface area contributed by atoms with Gasteiger partial charge in [0.1, 0.15) is 17.3 Å². The zero-order valence-corrected chi connectivity index (χ0v) is 17.8. The van der Waals surface area contributed by atoms with Gasteiger partial charge in [0.15, 0.2) is 21.4 Å². The van der Waals surface area contributed by atoms with Gasteiger partial charge in [-0.05, 0) is 49.9 Å². The molecule has 1 aliphatic heterocycles. The van der Waals surface area contributed by atoms with Gasteiger partial charge in [0.2, 0.25) is 0 Å². The van der Waals surface area contributed by atoms with Crippen molar-refractivity contribution in [3.8, 4) is 0 Å². The molecular weight excluding hydrogens is 416 g/mol. The number of sulfone groups is 1. The molecule has 31 heavy (non-hydrogen) atoms. The Morgan fingerprint density at radius 3 is 2.48 bits per heavy atom. The number of aromatic nitrogens is 3. The highest BCUT2D eigenvalue weighted by atomic mass is 32.2. The van der Waals surface area contributed by atoms with Gasteiger partial charge in [0, 0.05) is 24.9 Å². The van der Waals surface area contributed by atoms with E-state index in [0.29, 0.717) is 19.0 Å². The molecule has 0 unspecified atom stereocenters. The zero-order valence-electron chi connectivity index (χ0n) is 17.0. The highest BCUT2D eigenvalue weighted by Gasteiger charge is 2.31. The van der Waals surface area contributed by atoms with E-state index < -0.39 is 9.84 Å². The van der Waals surface area contributed by atoms with E-state index in [-0.39, 0.29) is 34.0 Å². The molecule has 0 bridgehead atoms. The van der Waals surface area contributed by atoms with Crippen molar-refractivity contribution < 1.29 is 17.6 Å². The second-order valence-corrected chi connectivity index (χ2v) is 10.2. The molecule has 3 heterocycles. The summed E-state index contributed by atoms with van der Waals surface area (Å²) in [7, 11) is -3.52. The number of amides is 1. The molecule has 1 amide bonds. The lowest BCUT2D eigenvalue weighted by molar-refractivity contribution is 0.0677. The van der Waals surface area contributed by atoms with Gasteiger partial charge in [-0.25, -0.2) is 13.4 Å². The fourth-order valence-corrected chi connectivity index (χ4v) is 5.24. The lowest BCUT2D eigenvalue weighted by Gasteiger charge is -2.30. The molecule has 1 saturated heterocycles. The van der Waals surface area contributed by atoms with Crippen LogP contribution in [-0.4, -0.2) is 47.5 Å². The first-order chi connectivity index (χ1) is 15.0. The highest BCUT2D eigenvalue weighted by Crippen LogP contribution is 2.38. The van der Waals surface area contributed by atoms with Crippen LogP contribution in [0.25, 0.3) is 0 Å². The van der Waals surface area contributed by atoms with Gasteiger partial charge in [0.05, 0.1) is 4.90 Å². The Bertz CT molecular complexity index is 1170. The van der Waals surface area contributed by atoms with E-state index in [1.807, 2.05) is 0 Å². The topological polar surface area (TPSA) is 109 Å².